The van der Waals surface area contributed by atoms with Crippen molar-refractivity contribution in [3.8, 4) is 5.75 Å². The van der Waals surface area contributed by atoms with Crippen molar-refractivity contribution in [2.45, 2.75) is 6.92 Å². The second kappa shape index (κ2) is 5.15. The van der Waals surface area contributed by atoms with E-state index in [-0.39, 0.29) is 22.7 Å². The van der Waals surface area contributed by atoms with Crippen LogP contribution in [0.3, 0.4) is 0 Å². The van der Waals surface area contributed by atoms with Gasteiger partial charge >= 0.3 is 5.97 Å². The number of fused-ring (bicyclic) bond motifs is 1. The number of aromatic hydroxyl groups is 1. The molecule has 0 radical (unpaired) electrons. The van der Waals surface area contributed by atoms with Gasteiger partial charge in [0.15, 0.2) is 4.96 Å². The van der Waals surface area contributed by atoms with Gasteiger partial charge in [-0.25, -0.2) is 9.78 Å². The van der Waals surface area contributed by atoms with Crippen LogP contribution in [0.1, 0.15) is 25.7 Å². The van der Waals surface area contributed by atoms with Crippen molar-refractivity contribution < 1.29 is 19.8 Å². The Morgan fingerprint density at radius 2 is 2.09 bits per heavy atom. The predicted octanol–water partition coefficient (Wildman–Crippen LogP) is 2.36. The van der Waals surface area contributed by atoms with E-state index in [1.54, 1.807) is 10.6 Å². The molecule has 0 aliphatic carbocycles. The number of phenols is 1. The smallest absolute Gasteiger partial charge is 0.339 e. The molecule has 22 heavy (non-hydrogen) atoms. The maximum atomic E-state index is 12.1. The lowest BCUT2D eigenvalue weighted by atomic mass is 10.2. The van der Waals surface area contributed by atoms with Gasteiger partial charge in [-0.05, 0) is 25.1 Å². The number of carboxylic acid groups (broad SMARTS) is 1. The van der Waals surface area contributed by atoms with E-state index < -0.39 is 11.9 Å². The van der Waals surface area contributed by atoms with Gasteiger partial charge < -0.3 is 15.5 Å². The van der Waals surface area contributed by atoms with E-state index in [9.17, 15) is 14.7 Å². The fourth-order valence-electron chi connectivity index (χ4n) is 2.00. The molecule has 0 fully saturated rings. The fraction of sp³-hybridized carbons (Fsp3) is 0.0714. The fourth-order valence-corrected chi connectivity index (χ4v) is 2.81. The van der Waals surface area contributed by atoms with Gasteiger partial charge in [0.2, 0.25) is 0 Å². The molecule has 0 saturated carbocycles. The molecule has 3 aromatic rings. The predicted molar refractivity (Wildman–Crippen MR) is 80.8 cm³/mol. The Kier molecular flexibility index (Phi) is 3.30. The Bertz CT molecular complexity index is 865. The molecular weight excluding hydrogens is 306 g/mol. The summed E-state index contributed by atoms with van der Waals surface area (Å²) in [5.41, 5.74) is 0.225. The number of hydrogen-bond acceptors (Lipinski definition) is 5. The number of rotatable bonds is 3. The molecule has 1 aromatic carbocycles. The first-order valence-electron chi connectivity index (χ1n) is 6.27. The number of carboxylic acids is 1. The SMILES string of the molecule is Cc1cn2cc(C(=O)Nc3ccc(O)c(C(=O)O)c3)nc2s1. The third kappa shape index (κ3) is 2.51. The molecule has 1 amide bonds. The van der Waals surface area contributed by atoms with Crippen LogP contribution in [0.5, 0.6) is 5.75 Å². The summed E-state index contributed by atoms with van der Waals surface area (Å²) in [4.78, 5) is 29.1. The van der Waals surface area contributed by atoms with Gasteiger partial charge in [0.05, 0.1) is 0 Å². The number of hydrogen-bond donors (Lipinski definition) is 3. The molecule has 0 aliphatic heterocycles. The van der Waals surface area contributed by atoms with Crippen LogP contribution in [0, 0.1) is 6.92 Å². The van der Waals surface area contributed by atoms with E-state index >= 15 is 0 Å². The Morgan fingerprint density at radius 3 is 2.77 bits per heavy atom. The highest BCUT2D eigenvalue weighted by Crippen LogP contribution is 2.22. The number of aromatic carboxylic acids is 1. The number of aryl methyl sites for hydroxylation is 1. The maximum Gasteiger partial charge on any atom is 0.339 e. The zero-order valence-corrected chi connectivity index (χ0v) is 12.2. The Labute approximate surface area is 128 Å². The molecule has 3 N–H and O–H groups in total. The number of anilines is 1. The van der Waals surface area contributed by atoms with E-state index in [0.29, 0.717) is 4.96 Å². The summed E-state index contributed by atoms with van der Waals surface area (Å²) < 4.78 is 1.76. The highest BCUT2D eigenvalue weighted by molar-refractivity contribution is 7.17. The zero-order chi connectivity index (χ0) is 15.9. The van der Waals surface area contributed by atoms with Crippen molar-refractivity contribution in [1.82, 2.24) is 9.38 Å². The monoisotopic (exact) mass is 317 g/mol. The summed E-state index contributed by atoms with van der Waals surface area (Å²) in [5, 5.41) is 21.0. The van der Waals surface area contributed by atoms with E-state index in [1.807, 2.05) is 13.1 Å². The number of nitrogens with one attached hydrogen (secondary N) is 1. The van der Waals surface area contributed by atoms with Gasteiger partial charge in [-0.15, -0.1) is 11.3 Å². The topological polar surface area (TPSA) is 104 Å². The first kappa shape index (κ1) is 14.1. The average Bonchev–Trinajstić information content (AvgIpc) is 2.97. The van der Waals surface area contributed by atoms with Gasteiger partial charge in [0, 0.05) is 23.0 Å². The van der Waals surface area contributed by atoms with Crippen molar-refractivity contribution in [2.75, 3.05) is 5.32 Å². The molecule has 3 rings (SSSR count). The first-order valence-corrected chi connectivity index (χ1v) is 7.08. The quantitative estimate of drug-likeness (QED) is 0.643. The van der Waals surface area contributed by atoms with Gasteiger partial charge in [0.1, 0.15) is 17.0 Å². The highest BCUT2D eigenvalue weighted by atomic mass is 32.1. The molecule has 0 unspecified atom stereocenters. The number of imidazole rings is 1. The molecule has 0 saturated heterocycles. The molecule has 2 heterocycles. The van der Waals surface area contributed by atoms with E-state index in [0.717, 1.165) is 4.88 Å². The van der Waals surface area contributed by atoms with Crippen molar-refractivity contribution in [3.63, 3.8) is 0 Å². The number of carbonyl (C=O) groups excluding carboxylic acids is 1. The van der Waals surface area contributed by atoms with E-state index in [1.165, 1.54) is 29.5 Å². The summed E-state index contributed by atoms with van der Waals surface area (Å²) >= 11 is 1.47. The lowest BCUT2D eigenvalue weighted by molar-refractivity contribution is 0.0693. The van der Waals surface area contributed by atoms with Crippen LogP contribution in [0.15, 0.2) is 30.6 Å². The van der Waals surface area contributed by atoms with Gasteiger partial charge in [-0.3, -0.25) is 9.20 Å². The molecule has 0 bridgehead atoms. The van der Waals surface area contributed by atoms with Crippen LogP contribution < -0.4 is 5.32 Å². The molecule has 0 aliphatic rings. The molecule has 112 valence electrons. The Hall–Kier alpha value is -2.87. The molecule has 2 aromatic heterocycles. The average molecular weight is 317 g/mol. The lowest BCUT2D eigenvalue weighted by Crippen LogP contribution is -2.12. The second-order valence-electron chi connectivity index (χ2n) is 4.65. The molecule has 7 nitrogen and oxygen atoms in total. The van der Waals surface area contributed by atoms with Gasteiger partial charge in [-0.1, -0.05) is 0 Å². The van der Waals surface area contributed by atoms with Crippen LogP contribution in [0.25, 0.3) is 4.96 Å². The number of carbonyl (C=O) groups is 2. The van der Waals surface area contributed by atoms with Gasteiger partial charge in [-0.2, -0.15) is 0 Å². The van der Waals surface area contributed by atoms with Crippen LogP contribution >= 0.6 is 11.3 Å². The van der Waals surface area contributed by atoms with Crippen molar-refractivity contribution in [3.05, 3.63) is 46.7 Å². The minimum absolute atomic E-state index is 0.233. The van der Waals surface area contributed by atoms with Crippen LogP contribution in [0.2, 0.25) is 0 Å². The number of aromatic nitrogens is 2. The molecule has 8 heteroatoms. The summed E-state index contributed by atoms with van der Waals surface area (Å²) in [5.74, 6) is -2.08. The third-order valence-corrected chi connectivity index (χ3v) is 3.90. The van der Waals surface area contributed by atoms with Crippen LogP contribution in [-0.4, -0.2) is 31.5 Å². The maximum absolute atomic E-state index is 12.1. The largest absolute Gasteiger partial charge is 0.507 e. The van der Waals surface area contributed by atoms with Crippen molar-refractivity contribution >= 4 is 33.9 Å². The summed E-state index contributed by atoms with van der Waals surface area (Å²) in [6, 6.07) is 3.83. The number of benzene rings is 1. The Balaban J connectivity index is 1.85. The zero-order valence-electron chi connectivity index (χ0n) is 11.4. The highest BCUT2D eigenvalue weighted by Gasteiger charge is 2.15. The normalized spacial score (nSPS) is 10.8. The van der Waals surface area contributed by atoms with Gasteiger partial charge in [0.25, 0.3) is 5.91 Å². The van der Waals surface area contributed by atoms with Crippen LogP contribution in [0.4, 0.5) is 5.69 Å². The Morgan fingerprint density at radius 1 is 1.32 bits per heavy atom. The molecule has 0 spiro atoms. The number of nitrogens with zero attached hydrogens (tertiary/aromatic N) is 2. The third-order valence-electron chi connectivity index (χ3n) is 2.99. The first-order chi connectivity index (χ1) is 10.4. The van der Waals surface area contributed by atoms with E-state index in [2.05, 4.69) is 10.3 Å². The second-order valence-corrected chi connectivity index (χ2v) is 5.86. The lowest BCUT2D eigenvalue weighted by Gasteiger charge is -2.05. The summed E-state index contributed by atoms with van der Waals surface area (Å²) in [7, 11) is 0. The summed E-state index contributed by atoms with van der Waals surface area (Å²) in [6.07, 6.45) is 3.47. The molecular formula is C14H11N3O4S. The number of amides is 1. The standard InChI is InChI=1S/C14H11N3O4S/c1-7-5-17-6-10(16-14(17)22-7)12(19)15-8-2-3-11(18)9(4-8)13(20)21/h2-6,18H,1H3,(H,15,19)(H,20,21). The summed E-state index contributed by atoms with van der Waals surface area (Å²) in [6.45, 7) is 1.95. The van der Waals surface area contributed by atoms with Crippen LogP contribution in [-0.2, 0) is 0 Å². The van der Waals surface area contributed by atoms with E-state index in [4.69, 9.17) is 5.11 Å². The minimum Gasteiger partial charge on any atom is -0.507 e. The van der Waals surface area contributed by atoms with Crippen molar-refractivity contribution in [1.29, 1.82) is 0 Å². The number of thiazole rings is 1. The minimum atomic E-state index is -1.27. The van der Waals surface area contributed by atoms with Crippen molar-refractivity contribution in [2.24, 2.45) is 0 Å². The molecule has 0 atom stereocenters.